The Hall–Kier alpha value is -2.90. The molecule has 0 saturated carbocycles. The predicted molar refractivity (Wildman–Crippen MR) is 93.3 cm³/mol. The Balaban J connectivity index is 1.49. The van der Waals surface area contributed by atoms with E-state index < -0.39 is 11.8 Å². The Morgan fingerprint density at radius 2 is 2.23 bits per heavy atom. The minimum absolute atomic E-state index is 0.148. The van der Waals surface area contributed by atoms with Crippen LogP contribution in [-0.2, 0) is 0 Å². The van der Waals surface area contributed by atoms with Crippen LogP contribution in [0.1, 0.15) is 29.1 Å². The summed E-state index contributed by atoms with van der Waals surface area (Å²) in [5.74, 6) is -0.207. The topological polar surface area (TPSA) is 87.5 Å². The molecule has 138 valence electrons. The molecule has 1 saturated heterocycles. The van der Waals surface area contributed by atoms with E-state index in [-0.39, 0.29) is 17.6 Å². The molecule has 2 aromatic rings. The molecule has 7 nitrogen and oxygen atoms in total. The second-order valence-electron chi connectivity index (χ2n) is 6.44. The molecule has 0 spiro atoms. The molecule has 3 amide bonds. The third-order valence-corrected chi connectivity index (χ3v) is 4.28. The van der Waals surface area contributed by atoms with Crippen LogP contribution in [0.2, 0.25) is 0 Å². The van der Waals surface area contributed by atoms with Gasteiger partial charge in [0, 0.05) is 31.4 Å². The van der Waals surface area contributed by atoms with E-state index in [1.54, 1.807) is 24.0 Å². The van der Waals surface area contributed by atoms with Gasteiger partial charge in [0.15, 0.2) is 0 Å². The van der Waals surface area contributed by atoms with Crippen LogP contribution in [0.4, 0.5) is 14.9 Å². The molecular weight excluding hydrogens is 339 g/mol. The number of hydrogen-bond acceptors (Lipinski definition) is 4. The van der Waals surface area contributed by atoms with Gasteiger partial charge in [-0.05, 0) is 43.9 Å². The van der Waals surface area contributed by atoms with E-state index in [1.807, 2.05) is 0 Å². The SMILES string of the molecule is Cc1cc(C(=O)N2CCCC(CNC(=O)Nc3cccc(F)c3)C2)on1. The molecule has 1 aliphatic rings. The fourth-order valence-corrected chi connectivity index (χ4v) is 3.01. The highest BCUT2D eigenvalue weighted by molar-refractivity contribution is 5.91. The molecule has 1 aliphatic heterocycles. The molecule has 0 aliphatic carbocycles. The maximum Gasteiger partial charge on any atom is 0.319 e. The van der Waals surface area contributed by atoms with Gasteiger partial charge >= 0.3 is 6.03 Å². The first-order valence-corrected chi connectivity index (χ1v) is 8.54. The van der Waals surface area contributed by atoms with Gasteiger partial charge in [0.25, 0.3) is 5.91 Å². The van der Waals surface area contributed by atoms with Gasteiger partial charge in [-0.1, -0.05) is 11.2 Å². The zero-order valence-electron chi connectivity index (χ0n) is 14.5. The van der Waals surface area contributed by atoms with Gasteiger partial charge in [0.05, 0.1) is 5.69 Å². The molecule has 0 radical (unpaired) electrons. The summed E-state index contributed by atoms with van der Waals surface area (Å²) in [6.45, 7) is 3.39. The summed E-state index contributed by atoms with van der Waals surface area (Å²) in [6.07, 6.45) is 1.77. The Kier molecular flexibility index (Phi) is 5.50. The summed E-state index contributed by atoms with van der Waals surface area (Å²) in [7, 11) is 0. The molecule has 1 unspecified atom stereocenters. The summed E-state index contributed by atoms with van der Waals surface area (Å²) in [4.78, 5) is 26.1. The molecule has 1 fully saturated rings. The van der Waals surface area contributed by atoms with Crippen LogP contribution < -0.4 is 10.6 Å². The summed E-state index contributed by atoms with van der Waals surface area (Å²) < 4.78 is 18.2. The Labute approximate surface area is 150 Å². The number of nitrogens with one attached hydrogen (secondary N) is 2. The van der Waals surface area contributed by atoms with Crippen LogP contribution >= 0.6 is 0 Å². The minimum Gasteiger partial charge on any atom is -0.351 e. The lowest BCUT2D eigenvalue weighted by atomic mass is 9.98. The number of rotatable bonds is 4. The van der Waals surface area contributed by atoms with Crippen molar-refractivity contribution in [3.63, 3.8) is 0 Å². The van der Waals surface area contributed by atoms with Crippen molar-refractivity contribution < 1.29 is 18.5 Å². The number of carbonyl (C=O) groups excluding carboxylic acids is 2. The van der Waals surface area contributed by atoms with Gasteiger partial charge < -0.3 is 20.1 Å². The van der Waals surface area contributed by atoms with Gasteiger partial charge in [0.2, 0.25) is 5.76 Å². The van der Waals surface area contributed by atoms with E-state index in [2.05, 4.69) is 15.8 Å². The van der Waals surface area contributed by atoms with Crippen LogP contribution in [0.5, 0.6) is 0 Å². The first-order valence-electron chi connectivity index (χ1n) is 8.54. The van der Waals surface area contributed by atoms with Gasteiger partial charge in [-0.15, -0.1) is 0 Å². The smallest absolute Gasteiger partial charge is 0.319 e. The molecule has 3 rings (SSSR count). The van der Waals surface area contributed by atoms with Crippen LogP contribution in [0.15, 0.2) is 34.9 Å². The molecular formula is C18H21FN4O3. The second-order valence-corrected chi connectivity index (χ2v) is 6.44. The summed E-state index contributed by atoms with van der Waals surface area (Å²) in [5.41, 5.74) is 1.06. The Morgan fingerprint density at radius 3 is 2.96 bits per heavy atom. The normalized spacial score (nSPS) is 17.0. The standard InChI is InChI=1S/C18H21FN4O3/c1-12-8-16(26-22-12)17(24)23-7-3-4-13(11-23)10-20-18(25)21-15-6-2-5-14(19)9-15/h2,5-6,8-9,13H,3-4,7,10-11H2,1H3,(H2,20,21,25). The monoisotopic (exact) mass is 360 g/mol. The number of piperidine rings is 1. The molecule has 1 atom stereocenters. The van der Waals surface area contributed by atoms with E-state index in [0.29, 0.717) is 31.0 Å². The average Bonchev–Trinajstić information content (AvgIpc) is 3.06. The van der Waals surface area contributed by atoms with E-state index >= 15 is 0 Å². The first kappa shape index (κ1) is 17.9. The summed E-state index contributed by atoms with van der Waals surface area (Å²) >= 11 is 0. The third-order valence-electron chi connectivity index (χ3n) is 4.28. The first-order chi connectivity index (χ1) is 12.5. The number of aromatic nitrogens is 1. The second kappa shape index (κ2) is 7.99. The van der Waals surface area contributed by atoms with Crippen molar-refractivity contribution in [3.05, 3.63) is 47.6 Å². The Bertz CT molecular complexity index is 792. The lowest BCUT2D eigenvalue weighted by Gasteiger charge is -2.32. The highest BCUT2D eigenvalue weighted by Gasteiger charge is 2.26. The van der Waals surface area contributed by atoms with Crippen molar-refractivity contribution in [1.82, 2.24) is 15.4 Å². The quantitative estimate of drug-likeness (QED) is 0.878. The maximum atomic E-state index is 13.1. The van der Waals surface area contributed by atoms with E-state index in [9.17, 15) is 14.0 Å². The fourth-order valence-electron chi connectivity index (χ4n) is 3.01. The number of halogens is 1. The van der Waals surface area contributed by atoms with Crippen LogP contribution in [0, 0.1) is 18.7 Å². The number of likely N-dealkylation sites (tertiary alicyclic amines) is 1. The van der Waals surface area contributed by atoms with Crippen LogP contribution in [0.25, 0.3) is 0 Å². The Morgan fingerprint density at radius 1 is 1.38 bits per heavy atom. The highest BCUT2D eigenvalue weighted by atomic mass is 19.1. The van der Waals surface area contributed by atoms with E-state index in [0.717, 1.165) is 12.8 Å². The fraction of sp³-hybridized carbons (Fsp3) is 0.389. The number of anilines is 1. The number of nitrogens with zero attached hydrogens (tertiary/aromatic N) is 2. The number of carbonyl (C=O) groups is 2. The molecule has 0 bridgehead atoms. The van der Waals surface area contributed by atoms with E-state index in [4.69, 9.17) is 4.52 Å². The molecule has 26 heavy (non-hydrogen) atoms. The molecule has 1 aromatic heterocycles. The van der Waals surface area contributed by atoms with Gasteiger partial charge in [-0.3, -0.25) is 4.79 Å². The average molecular weight is 360 g/mol. The molecule has 2 N–H and O–H groups in total. The summed E-state index contributed by atoms with van der Waals surface area (Å²) in [5, 5.41) is 9.11. The highest BCUT2D eigenvalue weighted by Crippen LogP contribution is 2.18. The van der Waals surface area contributed by atoms with Crippen LogP contribution in [0.3, 0.4) is 0 Å². The zero-order chi connectivity index (χ0) is 18.5. The third kappa shape index (κ3) is 4.59. The number of hydrogen-bond donors (Lipinski definition) is 2. The number of benzene rings is 1. The van der Waals surface area contributed by atoms with E-state index in [1.165, 1.54) is 18.2 Å². The number of urea groups is 1. The molecule has 1 aromatic carbocycles. The van der Waals surface area contributed by atoms with Crippen molar-refractivity contribution in [2.75, 3.05) is 25.0 Å². The minimum atomic E-state index is -0.410. The maximum absolute atomic E-state index is 13.1. The zero-order valence-corrected chi connectivity index (χ0v) is 14.5. The molecule has 2 heterocycles. The van der Waals surface area contributed by atoms with Crippen molar-refractivity contribution in [2.45, 2.75) is 19.8 Å². The molecule has 8 heteroatoms. The van der Waals surface area contributed by atoms with Gasteiger partial charge in [-0.2, -0.15) is 0 Å². The predicted octanol–water partition coefficient (Wildman–Crippen LogP) is 2.80. The lowest BCUT2D eigenvalue weighted by Crippen LogP contribution is -2.44. The van der Waals surface area contributed by atoms with Crippen molar-refractivity contribution in [2.24, 2.45) is 5.92 Å². The lowest BCUT2D eigenvalue weighted by molar-refractivity contribution is 0.0633. The van der Waals surface area contributed by atoms with Crippen molar-refractivity contribution in [3.8, 4) is 0 Å². The number of aryl methyl sites for hydroxylation is 1. The van der Waals surface area contributed by atoms with Crippen LogP contribution in [-0.4, -0.2) is 41.6 Å². The van der Waals surface area contributed by atoms with Crippen molar-refractivity contribution >= 4 is 17.6 Å². The van der Waals surface area contributed by atoms with Gasteiger partial charge in [-0.25, -0.2) is 9.18 Å². The largest absolute Gasteiger partial charge is 0.351 e. The van der Waals surface area contributed by atoms with Gasteiger partial charge in [0.1, 0.15) is 5.82 Å². The van der Waals surface area contributed by atoms with Crippen molar-refractivity contribution in [1.29, 1.82) is 0 Å². The number of amides is 3. The summed E-state index contributed by atoms with van der Waals surface area (Å²) in [6, 6.07) is 6.93.